The van der Waals surface area contributed by atoms with Crippen molar-refractivity contribution in [2.75, 3.05) is 11.4 Å². The highest BCUT2D eigenvalue weighted by Crippen LogP contribution is 2.31. The lowest BCUT2D eigenvalue weighted by atomic mass is 9.92. The Labute approximate surface area is 165 Å². The second-order valence-electron chi connectivity index (χ2n) is 6.62. The predicted molar refractivity (Wildman–Crippen MR) is 102 cm³/mol. The summed E-state index contributed by atoms with van der Waals surface area (Å²) in [5.74, 6) is -2.66. The maximum atomic E-state index is 13.5. The molecule has 2 amide bonds. The number of aryl methyl sites for hydroxylation is 1. The van der Waals surface area contributed by atoms with Crippen molar-refractivity contribution in [1.29, 1.82) is 0 Å². The number of carbonyl (C=O) groups is 3. The van der Waals surface area contributed by atoms with Crippen molar-refractivity contribution in [3.8, 4) is 0 Å². The molecule has 0 radical (unpaired) electrons. The minimum absolute atomic E-state index is 0.0788. The molecule has 8 heteroatoms. The summed E-state index contributed by atoms with van der Waals surface area (Å²) in [5.41, 5.74) is 4.10. The van der Waals surface area contributed by atoms with E-state index in [0.717, 1.165) is 0 Å². The van der Waals surface area contributed by atoms with Gasteiger partial charge in [0.15, 0.2) is 5.78 Å². The number of hydrogen-bond donors (Lipinski definition) is 2. The highest BCUT2D eigenvalue weighted by atomic mass is 35.5. The van der Waals surface area contributed by atoms with Gasteiger partial charge in [0.2, 0.25) is 11.5 Å². The summed E-state index contributed by atoms with van der Waals surface area (Å²) in [6.07, 6.45) is -0.148. The Hall–Kier alpha value is -2.77. The van der Waals surface area contributed by atoms with E-state index >= 15 is 0 Å². The number of benzene rings is 2. The molecule has 1 fully saturated rings. The summed E-state index contributed by atoms with van der Waals surface area (Å²) in [7, 11) is 0. The van der Waals surface area contributed by atoms with Gasteiger partial charge in [-0.3, -0.25) is 14.4 Å². The fourth-order valence-electron chi connectivity index (χ4n) is 3.23. The smallest absolute Gasteiger partial charge is 0.266 e. The first-order chi connectivity index (χ1) is 13.2. The topological polar surface area (TPSA) is 101 Å². The van der Waals surface area contributed by atoms with Gasteiger partial charge in [-0.05, 0) is 36.2 Å². The van der Waals surface area contributed by atoms with Crippen molar-refractivity contribution in [3.05, 3.63) is 64.4 Å². The zero-order chi connectivity index (χ0) is 20.5. The average molecular weight is 405 g/mol. The van der Waals surface area contributed by atoms with Gasteiger partial charge in [0.25, 0.3) is 5.91 Å². The molecule has 0 aliphatic carbocycles. The van der Waals surface area contributed by atoms with Crippen LogP contribution in [0.25, 0.3) is 0 Å². The lowest BCUT2D eigenvalue weighted by molar-refractivity contribution is -0.147. The van der Waals surface area contributed by atoms with Crippen molar-refractivity contribution >= 4 is 34.9 Å². The van der Waals surface area contributed by atoms with E-state index in [0.29, 0.717) is 11.3 Å². The average Bonchev–Trinajstić information content (AvgIpc) is 2.99. The van der Waals surface area contributed by atoms with Crippen LogP contribution in [-0.4, -0.2) is 34.8 Å². The van der Waals surface area contributed by atoms with Gasteiger partial charge in [-0.15, -0.1) is 0 Å². The maximum absolute atomic E-state index is 13.5. The number of Topliss-reactive ketones (excluding diaryl/α,β-unsaturated/α-hetero) is 1. The lowest BCUT2D eigenvalue weighted by Gasteiger charge is -2.21. The van der Waals surface area contributed by atoms with Gasteiger partial charge in [-0.25, -0.2) is 4.39 Å². The number of nitrogens with two attached hydrogens (primary N) is 1. The number of hydrogen-bond acceptors (Lipinski definition) is 4. The van der Waals surface area contributed by atoms with Crippen molar-refractivity contribution in [2.45, 2.75) is 24.9 Å². The van der Waals surface area contributed by atoms with Crippen LogP contribution in [0.3, 0.4) is 0 Å². The monoisotopic (exact) mass is 404 g/mol. The molecular formula is C20H18ClFN2O4. The predicted octanol–water partition coefficient (Wildman–Crippen LogP) is 2.25. The number of primary amides is 1. The largest absolute Gasteiger partial charge is 0.373 e. The van der Waals surface area contributed by atoms with E-state index < -0.39 is 29.0 Å². The zero-order valence-corrected chi connectivity index (χ0v) is 15.6. The van der Waals surface area contributed by atoms with Gasteiger partial charge < -0.3 is 15.7 Å². The molecule has 1 aliphatic heterocycles. The third-order valence-electron chi connectivity index (χ3n) is 4.85. The molecule has 1 aliphatic rings. The zero-order valence-electron chi connectivity index (χ0n) is 14.8. The van der Waals surface area contributed by atoms with Crippen molar-refractivity contribution in [1.82, 2.24) is 0 Å². The molecule has 1 atom stereocenters. The number of aliphatic hydroxyl groups is 1. The molecule has 28 heavy (non-hydrogen) atoms. The molecule has 3 N–H and O–H groups in total. The van der Waals surface area contributed by atoms with Crippen LogP contribution in [0.2, 0.25) is 5.02 Å². The molecule has 1 heterocycles. The van der Waals surface area contributed by atoms with E-state index in [2.05, 4.69) is 0 Å². The highest BCUT2D eigenvalue weighted by molar-refractivity contribution is 6.31. The summed E-state index contributed by atoms with van der Waals surface area (Å²) >= 11 is 5.88. The molecule has 0 spiro atoms. The van der Waals surface area contributed by atoms with Crippen LogP contribution in [0.4, 0.5) is 10.1 Å². The Bertz CT molecular complexity index is 965. The second-order valence-corrected chi connectivity index (χ2v) is 7.00. The summed E-state index contributed by atoms with van der Waals surface area (Å²) in [6, 6.07) is 10.4. The van der Waals surface area contributed by atoms with E-state index in [-0.39, 0.29) is 36.4 Å². The quantitative estimate of drug-likeness (QED) is 0.721. The van der Waals surface area contributed by atoms with Gasteiger partial charge >= 0.3 is 0 Å². The summed E-state index contributed by atoms with van der Waals surface area (Å²) < 4.78 is 13.5. The summed E-state index contributed by atoms with van der Waals surface area (Å²) in [6.45, 7) is 0.115. The Morgan fingerprint density at radius 2 is 1.96 bits per heavy atom. The number of carbonyl (C=O) groups excluding carboxylic acids is 3. The van der Waals surface area contributed by atoms with Crippen LogP contribution in [-0.2, 0) is 16.0 Å². The molecule has 0 saturated carbocycles. The van der Waals surface area contributed by atoms with Crippen LogP contribution in [0.5, 0.6) is 0 Å². The second kappa shape index (κ2) is 7.69. The van der Waals surface area contributed by atoms with Crippen LogP contribution >= 0.6 is 11.6 Å². The maximum Gasteiger partial charge on any atom is 0.266 e. The first-order valence-electron chi connectivity index (χ1n) is 8.64. The first kappa shape index (κ1) is 20.0. The minimum atomic E-state index is -2.16. The van der Waals surface area contributed by atoms with Gasteiger partial charge in [0, 0.05) is 30.6 Å². The van der Waals surface area contributed by atoms with E-state index in [9.17, 15) is 23.9 Å². The van der Waals surface area contributed by atoms with Crippen LogP contribution in [0.1, 0.15) is 28.8 Å². The fourth-order valence-corrected chi connectivity index (χ4v) is 3.45. The number of ketones is 1. The molecule has 6 nitrogen and oxygen atoms in total. The third-order valence-corrected chi connectivity index (χ3v) is 5.28. The lowest BCUT2D eigenvalue weighted by Crippen LogP contribution is -2.47. The number of nitrogens with zero attached hydrogens (tertiary/aromatic N) is 1. The normalized spacial score (nSPS) is 19.1. The number of halogens is 2. The van der Waals surface area contributed by atoms with E-state index in [4.69, 9.17) is 17.3 Å². The third kappa shape index (κ3) is 3.63. The molecule has 1 unspecified atom stereocenters. The number of amides is 2. The molecule has 0 aromatic heterocycles. The molecule has 2 aromatic carbocycles. The van der Waals surface area contributed by atoms with Crippen LogP contribution in [0.15, 0.2) is 42.5 Å². The molecule has 3 rings (SSSR count). The molecule has 0 bridgehead atoms. The standard InChI is InChI=1S/C20H18ClFN2O4/c21-17-12(3-2-6-15(17)22)7-8-16(25)20(28)9-10-24(19(20)27)14-5-1-4-13(11-14)18(23)26/h1-6,11,28H,7-10H2,(H2,23,26). The van der Waals surface area contributed by atoms with Gasteiger partial charge in [0.05, 0.1) is 5.02 Å². The number of rotatable bonds is 6. The first-order valence-corrected chi connectivity index (χ1v) is 9.02. The highest BCUT2D eigenvalue weighted by Gasteiger charge is 2.50. The van der Waals surface area contributed by atoms with Crippen molar-refractivity contribution in [3.63, 3.8) is 0 Å². The van der Waals surface area contributed by atoms with Gasteiger partial charge in [0.1, 0.15) is 5.82 Å². The Kier molecular flexibility index (Phi) is 5.49. The Balaban J connectivity index is 1.74. The van der Waals surface area contributed by atoms with Crippen LogP contribution < -0.4 is 10.6 Å². The van der Waals surface area contributed by atoms with Gasteiger partial charge in [-0.2, -0.15) is 0 Å². The van der Waals surface area contributed by atoms with Crippen molar-refractivity contribution in [2.24, 2.45) is 5.73 Å². The SMILES string of the molecule is NC(=O)c1cccc(N2CCC(O)(C(=O)CCc3cccc(F)c3Cl)C2=O)c1. The Morgan fingerprint density at radius 1 is 1.25 bits per heavy atom. The number of anilines is 1. The van der Waals surface area contributed by atoms with E-state index in [1.807, 2.05) is 0 Å². The molecule has 2 aromatic rings. The molecule has 1 saturated heterocycles. The fraction of sp³-hybridized carbons (Fsp3) is 0.250. The Morgan fingerprint density at radius 3 is 2.68 bits per heavy atom. The van der Waals surface area contributed by atoms with Crippen molar-refractivity contribution < 1.29 is 23.9 Å². The molecular weight excluding hydrogens is 387 g/mol. The minimum Gasteiger partial charge on any atom is -0.373 e. The van der Waals surface area contributed by atoms with Gasteiger partial charge in [-0.1, -0.05) is 29.8 Å². The van der Waals surface area contributed by atoms with Crippen LogP contribution in [0, 0.1) is 5.82 Å². The summed E-state index contributed by atoms with van der Waals surface area (Å²) in [5, 5.41) is 10.6. The summed E-state index contributed by atoms with van der Waals surface area (Å²) in [4.78, 5) is 37.9. The van der Waals surface area contributed by atoms with E-state index in [1.54, 1.807) is 18.2 Å². The van der Waals surface area contributed by atoms with E-state index in [1.165, 1.54) is 29.2 Å². The molecule has 146 valence electrons.